The van der Waals surface area contributed by atoms with Crippen LogP contribution >= 0.6 is 15.9 Å². The summed E-state index contributed by atoms with van der Waals surface area (Å²) in [5.41, 5.74) is 3.37. The topological polar surface area (TPSA) is 42.7 Å². The van der Waals surface area contributed by atoms with Crippen molar-refractivity contribution in [2.24, 2.45) is 7.05 Å². The second kappa shape index (κ2) is 6.10. The summed E-state index contributed by atoms with van der Waals surface area (Å²) in [5, 5.41) is 11.4. The summed E-state index contributed by atoms with van der Waals surface area (Å²) in [5.74, 6) is 0.868. The van der Waals surface area contributed by atoms with E-state index in [2.05, 4.69) is 49.6 Å². The lowest BCUT2D eigenvalue weighted by Crippen LogP contribution is -2.00. The van der Waals surface area contributed by atoms with E-state index in [-0.39, 0.29) is 0 Å². The first kappa shape index (κ1) is 13.8. The second-order valence-electron chi connectivity index (χ2n) is 4.79. The highest BCUT2D eigenvalue weighted by molar-refractivity contribution is 9.10. The van der Waals surface area contributed by atoms with Gasteiger partial charge in [0.2, 0.25) is 0 Å². The average Bonchev–Trinajstić information content (AvgIpc) is 2.93. The first-order valence-corrected chi connectivity index (χ1v) is 7.45. The zero-order valence-electron chi connectivity index (χ0n) is 11.6. The van der Waals surface area contributed by atoms with E-state index < -0.39 is 0 Å². The van der Waals surface area contributed by atoms with Crippen molar-refractivity contribution in [2.75, 3.05) is 5.32 Å². The zero-order valence-corrected chi connectivity index (χ0v) is 13.2. The summed E-state index contributed by atoms with van der Waals surface area (Å²) in [6.07, 6.45) is 1.70. The molecule has 0 aliphatic carbocycles. The van der Waals surface area contributed by atoms with Crippen molar-refractivity contribution in [1.29, 1.82) is 0 Å². The molecule has 21 heavy (non-hydrogen) atoms. The molecule has 1 N–H and O–H groups in total. The Kier molecular flexibility index (Phi) is 4.01. The molecule has 5 heteroatoms. The standard InChI is InChI=1S/C16H15BrN4/c1-21-11-19-20-16(21)12-6-8-14(9-7-12)18-10-13-4-2-3-5-15(13)17/h2-9,11,18H,10H2,1H3. The molecular weight excluding hydrogens is 328 g/mol. The van der Waals surface area contributed by atoms with Gasteiger partial charge in [0.15, 0.2) is 5.82 Å². The van der Waals surface area contributed by atoms with Crippen LogP contribution in [-0.4, -0.2) is 14.8 Å². The van der Waals surface area contributed by atoms with Gasteiger partial charge in [0.05, 0.1) is 0 Å². The van der Waals surface area contributed by atoms with E-state index in [1.165, 1.54) is 5.56 Å². The van der Waals surface area contributed by atoms with Crippen LogP contribution < -0.4 is 5.32 Å². The van der Waals surface area contributed by atoms with Crippen LogP contribution in [0.25, 0.3) is 11.4 Å². The van der Waals surface area contributed by atoms with E-state index in [1.54, 1.807) is 6.33 Å². The first-order chi connectivity index (χ1) is 10.2. The van der Waals surface area contributed by atoms with Gasteiger partial charge in [-0.3, -0.25) is 0 Å². The lowest BCUT2D eigenvalue weighted by Gasteiger charge is -2.09. The quantitative estimate of drug-likeness (QED) is 0.782. The smallest absolute Gasteiger partial charge is 0.163 e. The fraction of sp³-hybridized carbons (Fsp3) is 0.125. The predicted molar refractivity (Wildman–Crippen MR) is 87.9 cm³/mol. The lowest BCUT2D eigenvalue weighted by molar-refractivity contribution is 0.920. The third-order valence-electron chi connectivity index (χ3n) is 3.30. The summed E-state index contributed by atoms with van der Waals surface area (Å²) < 4.78 is 3.02. The van der Waals surface area contributed by atoms with Gasteiger partial charge in [-0.15, -0.1) is 10.2 Å². The number of nitrogens with zero attached hydrogens (tertiary/aromatic N) is 3. The largest absolute Gasteiger partial charge is 0.381 e. The number of halogens is 1. The Morgan fingerprint density at radius 2 is 1.86 bits per heavy atom. The molecular formula is C16H15BrN4. The Balaban J connectivity index is 1.71. The average molecular weight is 343 g/mol. The predicted octanol–water partition coefficient (Wildman–Crippen LogP) is 3.86. The molecule has 0 saturated heterocycles. The Morgan fingerprint density at radius 1 is 1.10 bits per heavy atom. The van der Waals surface area contributed by atoms with Gasteiger partial charge in [-0.2, -0.15) is 0 Å². The molecule has 0 radical (unpaired) electrons. The molecule has 106 valence electrons. The highest BCUT2D eigenvalue weighted by Crippen LogP contribution is 2.20. The van der Waals surface area contributed by atoms with Crippen LogP contribution in [0, 0.1) is 0 Å². The summed E-state index contributed by atoms with van der Waals surface area (Å²) >= 11 is 3.56. The summed E-state index contributed by atoms with van der Waals surface area (Å²) in [6, 6.07) is 16.4. The Hall–Kier alpha value is -2.14. The molecule has 0 unspecified atom stereocenters. The molecule has 0 aliphatic rings. The van der Waals surface area contributed by atoms with E-state index in [4.69, 9.17) is 0 Å². The summed E-state index contributed by atoms with van der Waals surface area (Å²) in [4.78, 5) is 0. The van der Waals surface area contributed by atoms with Crippen LogP contribution in [-0.2, 0) is 13.6 Å². The van der Waals surface area contributed by atoms with E-state index in [0.717, 1.165) is 28.1 Å². The molecule has 1 aromatic heterocycles. The molecule has 0 saturated carbocycles. The fourth-order valence-corrected chi connectivity index (χ4v) is 2.55. The Bertz CT molecular complexity index is 734. The highest BCUT2D eigenvalue weighted by atomic mass is 79.9. The normalized spacial score (nSPS) is 10.6. The van der Waals surface area contributed by atoms with Gasteiger partial charge in [0.1, 0.15) is 6.33 Å². The number of aromatic nitrogens is 3. The number of hydrogen-bond donors (Lipinski definition) is 1. The molecule has 0 atom stereocenters. The minimum Gasteiger partial charge on any atom is -0.381 e. The van der Waals surface area contributed by atoms with Gasteiger partial charge in [0, 0.05) is 29.3 Å². The monoisotopic (exact) mass is 342 g/mol. The van der Waals surface area contributed by atoms with E-state index in [9.17, 15) is 0 Å². The van der Waals surface area contributed by atoms with E-state index >= 15 is 0 Å². The number of benzene rings is 2. The van der Waals surface area contributed by atoms with E-state index in [1.807, 2.05) is 41.9 Å². The van der Waals surface area contributed by atoms with Gasteiger partial charge >= 0.3 is 0 Å². The van der Waals surface area contributed by atoms with Crippen LogP contribution in [0.2, 0.25) is 0 Å². The zero-order chi connectivity index (χ0) is 14.7. The van der Waals surface area contributed by atoms with Crippen LogP contribution in [0.15, 0.2) is 59.3 Å². The van der Waals surface area contributed by atoms with Gasteiger partial charge in [-0.25, -0.2) is 0 Å². The van der Waals surface area contributed by atoms with Crippen molar-refractivity contribution in [3.05, 3.63) is 64.9 Å². The van der Waals surface area contributed by atoms with Gasteiger partial charge in [-0.05, 0) is 35.9 Å². The Morgan fingerprint density at radius 3 is 2.52 bits per heavy atom. The van der Waals surface area contributed by atoms with Crippen molar-refractivity contribution >= 4 is 21.6 Å². The molecule has 1 heterocycles. The second-order valence-corrected chi connectivity index (χ2v) is 5.64. The maximum Gasteiger partial charge on any atom is 0.163 e. The van der Waals surface area contributed by atoms with Crippen molar-refractivity contribution in [1.82, 2.24) is 14.8 Å². The van der Waals surface area contributed by atoms with Crippen LogP contribution in [0.5, 0.6) is 0 Å². The van der Waals surface area contributed by atoms with E-state index in [0.29, 0.717) is 0 Å². The number of aryl methyl sites for hydroxylation is 1. The molecule has 3 rings (SSSR count). The van der Waals surface area contributed by atoms with Crippen LogP contribution in [0.4, 0.5) is 5.69 Å². The first-order valence-electron chi connectivity index (χ1n) is 6.66. The third kappa shape index (κ3) is 3.13. The van der Waals surface area contributed by atoms with Crippen molar-refractivity contribution < 1.29 is 0 Å². The van der Waals surface area contributed by atoms with Crippen molar-refractivity contribution in [3.8, 4) is 11.4 Å². The molecule has 0 amide bonds. The van der Waals surface area contributed by atoms with Crippen molar-refractivity contribution in [3.63, 3.8) is 0 Å². The number of hydrogen-bond acceptors (Lipinski definition) is 3. The van der Waals surface area contributed by atoms with Crippen LogP contribution in [0.1, 0.15) is 5.56 Å². The minimum atomic E-state index is 0.782. The summed E-state index contributed by atoms with van der Waals surface area (Å²) in [7, 11) is 1.94. The van der Waals surface area contributed by atoms with Crippen LogP contribution in [0.3, 0.4) is 0 Å². The highest BCUT2D eigenvalue weighted by Gasteiger charge is 2.04. The Labute approximate surface area is 132 Å². The number of rotatable bonds is 4. The number of nitrogens with one attached hydrogen (secondary N) is 1. The molecule has 0 aliphatic heterocycles. The third-order valence-corrected chi connectivity index (χ3v) is 4.07. The molecule has 2 aromatic carbocycles. The maximum absolute atomic E-state index is 4.11. The lowest BCUT2D eigenvalue weighted by atomic mass is 10.2. The number of anilines is 1. The molecule has 0 bridgehead atoms. The van der Waals surface area contributed by atoms with Gasteiger partial charge in [0.25, 0.3) is 0 Å². The maximum atomic E-state index is 4.11. The summed E-state index contributed by atoms with van der Waals surface area (Å²) in [6.45, 7) is 0.782. The molecule has 3 aromatic rings. The fourth-order valence-electron chi connectivity index (χ4n) is 2.12. The SMILES string of the molecule is Cn1cnnc1-c1ccc(NCc2ccccc2Br)cc1. The minimum absolute atomic E-state index is 0.782. The molecule has 0 fully saturated rings. The van der Waals surface area contributed by atoms with Gasteiger partial charge < -0.3 is 9.88 Å². The molecule has 4 nitrogen and oxygen atoms in total. The van der Waals surface area contributed by atoms with Gasteiger partial charge in [-0.1, -0.05) is 34.1 Å². The van der Waals surface area contributed by atoms with Crippen molar-refractivity contribution in [2.45, 2.75) is 6.54 Å². The molecule has 0 spiro atoms.